The SMILES string of the molecule is CCC=CC[C@H](O)C=CC=CCCCCCCCC(=O)O. The van der Waals surface area contributed by atoms with Crippen LogP contribution in [0.4, 0.5) is 0 Å². The van der Waals surface area contributed by atoms with E-state index in [1.54, 1.807) is 0 Å². The van der Waals surface area contributed by atoms with Crippen molar-refractivity contribution in [2.24, 2.45) is 0 Å². The summed E-state index contributed by atoms with van der Waals surface area (Å²) in [6.07, 6.45) is 19.7. The number of carbonyl (C=O) groups is 1. The average Bonchev–Trinajstić information content (AvgIpc) is 2.44. The molecule has 0 heterocycles. The van der Waals surface area contributed by atoms with Gasteiger partial charge in [-0.1, -0.05) is 62.6 Å². The molecule has 0 spiro atoms. The third kappa shape index (κ3) is 16.6. The van der Waals surface area contributed by atoms with Gasteiger partial charge in [0, 0.05) is 6.42 Å². The van der Waals surface area contributed by atoms with E-state index < -0.39 is 12.1 Å². The van der Waals surface area contributed by atoms with Crippen molar-refractivity contribution >= 4 is 5.97 Å². The summed E-state index contributed by atoms with van der Waals surface area (Å²) >= 11 is 0. The number of hydrogen-bond acceptors (Lipinski definition) is 2. The summed E-state index contributed by atoms with van der Waals surface area (Å²) in [6, 6.07) is 0. The summed E-state index contributed by atoms with van der Waals surface area (Å²) in [4.78, 5) is 10.3. The normalized spacial score (nSPS) is 13.6. The molecule has 0 bridgehead atoms. The number of rotatable bonds is 13. The third-order valence-electron chi connectivity index (χ3n) is 3.12. The first-order chi connectivity index (χ1) is 10.2. The lowest BCUT2D eigenvalue weighted by Crippen LogP contribution is -1.98. The minimum absolute atomic E-state index is 0.292. The highest BCUT2D eigenvalue weighted by Gasteiger charge is 1.96. The fourth-order valence-corrected chi connectivity index (χ4v) is 1.92. The average molecular weight is 294 g/mol. The van der Waals surface area contributed by atoms with Crippen LogP contribution in [0.1, 0.15) is 64.7 Å². The van der Waals surface area contributed by atoms with Gasteiger partial charge in [-0.25, -0.2) is 0 Å². The van der Waals surface area contributed by atoms with E-state index in [0.29, 0.717) is 12.8 Å². The molecule has 0 aliphatic heterocycles. The van der Waals surface area contributed by atoms with Crippen LogP contribution in [0.5, 0.6) is 0 Å². The van der Waals surface area contributed by atoms with Crippen molar-refractivity contribution in [1.29, 1.82) is 0 Å². The number of carboxylic acid groups (broad SMARTS) is 1. The maximum Gasteiger partial charge on any atom is 0.303 e. The van der Waals surface area contributed by atoms with E-state index in [1.165, 1.54) is 0 Å². The van der Waals surface area contributed by atoms with Crippen LogP contribution in [-0.4, -0.2) is 22.3 Å². The number of allylic oxidation sites excluding steroid dienone is 4. The summed E-state index contributed by atoms with van der Waals surface area (Å²) in [6.45, 7) is 2.08. The van der Waals surface area contributed by atoms with Crippen LogP contribution in [0, 0.1) is 0 Å². The first-order valence-corrected chi connectivity index (χ1v) is 8.05. The quantitative estimate of drug-likeness (QED) is 0.296. The summed E-state index contributed by atoms with van der Waals surface area (Å²) in [5, 5.41) is 18.1. The Bertz CT molecular complexity index is 329. The lowest BCUT2D eigenvalue weighted by atomic mass is 10.1. The Morgan fingerprint density at radius 3 is 2.43 bits per heavy atom. The lowest BCUT2D eigenvalue weighted by molar-refractivity contribution is -0.137. The van der Waals surface area contributed by atoms with Gasteiger partial charge in [0.2, 0.25) is 0 Å². The molecule has 3 nitrogen and oxygen atoms in total. The molecular weight excluding hydrogens is 264 g/mol. The number of unbranched alkanes of at least 4 members (excludes halogenated alkanes) is 5. The van der Waals surface area contributed by atoms with Gasteiger partial charge in [-0.15, -0.1) is 0 Å². The second-order valence-corrected chi connectivity index (χ2v) is 5.20. The number of aliphatic hydroxyl groups is 1. The van der Waals surface area contributed by atoms with E-state index in [-0.39, 0.29) is 0 Å². The first kappa shape index (κ1) is 19.7. The summed E-state index contributed by atoms with van der Waals surface area (Å²) in [5.41, 5.74) is 0. The Labute approximate surface area is 129 Å². The van der Waals surface area contributed by atoms with Gasteiger partial charge >= 0.3 is 5.97 Å². The molecule has 0 aliphatic carbocycles. The van der Waals surface area contributed by atoms with Crippen molar-refractivity contribution in [3.63, 3.8) is 0 Å². The Balaban J connectivity index is 3.43. The van der Waals surface area contributed by atoms with E-state index in [9.17, 15) is 9.90 Å². The van der Waals surface area contributed by atoms with Crippen LogP contribution < -0.4 is 0 Å². The van der Waals surface area contributed by atoms with Gasteiger partial charge in [0.05, 0.1) is 6.10 Å². The fourth-order valence-electron chi connectivity index (χ4n) is 1.92. The van der Waals surface area contributed by atoms with Gasteiger partial charge in [0.1, 0.15) is 0 Å². The van der Waals surface area contributed by atoms with Crippen LogP contribution in [0.15, 0.2) is 36.5 Å². The monoisotopic (exact) mass is 294 g/mol. The third-order valence-corrected chi connectivity index (χ3v) is 3.12. The zero-order valence-corrected chi connectivity index (χ0v) is 13.2. The molecule has 3 heteroatoms. The molecule has 0 radical (unpaired) electrons. The molecule has 0 amide bonds. The van der Waals surface area contributed by atoms with Crippen LogP contribution in [0.2, 0.25) is 0 Å². The Hall–Kier alpha value is -1.35. The van der Waals surface area contributed by atoms with Gasteiger partial charge < -0.3 is 10.2 Å². The molecule has 0 aromatic rings. The number of carboxylic acids is 1. The topological polar surface area (TPSA) is 57.5 Å². The highest BCUT2D eigenvalue weighted by Crippen LogP contribution is 2.07. The molecular formula is C18H30O3. The molecule has 0 aliphatic rings. The van der Waals surface area contributed by atoms with Crippen molar-refractivity contribution in [1.82, 2.24) is 0 Å². The summed E-state index contributed by atoms with van der Waals surface area (Å²) in [5.74, 6) is -0.697. The number of hydrogen-bond donors (Lipinski definition) is 2. The molecule has 0 fully saturated rings. The largest absolute Gasteiger partial charge is 0.481 e. The second-order valence-electron chi connectivity index (χ2n) is 5.20. The van der Waals surface area contributed by atoms with Crippen molar-refractivity contribution in [2.45, 2.75) is 70.8 Å². The van der Waals surface area contributed by atoms with E-state index in [1.807, 2.05) is 24.3 Å². The van der Waals surface area contributed by atoms with Crippen molar-refractivity contribution in [3.8, 4) is 0 Å². The van der Waals surface area contributed by atoms with Gasteiger partial charge in [-0.2, -0.15) is 0 Å². The first-order valence-electron chi connectivity index (χ1n) is 8.05. The molecule has 2 N–H and O–H groups in total. The molecule has 21 heavy (non-hydrogen) atoms. The number of aliphatic carboxylic acids is 1. The van der Waals surface area contributed by atoms with E-state index in [0.717, 1.165) is 44.9 Å². The van der Waals surface area contributed by atoms with Gasteiger partial charge in [0.25, 0.3) is 0 Å². The predicted molar refractivity (Wildman–Crippen MR) is 88.3 cm³/mol. The molecule has 0 aromatic carbocycles. The van der Waals surface area contributed by atoms with Crippen molar-refractivity contribution in [2.75, 3.05) is 0 Å². The summed E-state index contributed by atoms with van der Waals surface area (Å²) in [7, 11) is 0. The van der Waals surface area contributed by atoms with Gasteiger partial charge in [-0.05, 0) is 32.1 Å². The second kappa shape index (κ2) is 15.0. The van der Waals surface area contributed by atoms with Crippen LogP contribution in [0.25, 0.3) is 0 Å². The molecule has 120 valence electrons. The molecule has 0 aromatic heterocycles. The fraction of sp³-hybridized carbons (Fsp3) is 0.611. The van der Waals surface area contributed by atoms with Crippen LogP contribution in [0.3, 0.4) is 0 Å². The highest BCUT2D eigenvalue weighted by atomic mass is 16.4. The van der Waals surface area contributed by atoms with E-state index in [2.05, 4.69) is 19.1 Å². The zero-order valence-electron chi connectivity index (χ0n) is 13.2. The Morgan fingerprint density at radius 1 is 1.00 bits per heavy atom. The molecule has 0 saturated heterocycles. The smallest absolute Gasteiger partial charge is 0.303 e. The molecule has 0 unspecified atom stereocenters. The van der Waals surface area contributed by atoms with Crippen LogP contribution in [-0.2, 0) is 4.79 Å². The van der Waals surface area contributed by atoms with E-state index >= 15 is 0 Å². The molecule has 0 rings (SSSR count). The van der Waals surface area contributed by atoms with E-state index in [4.69, 9.17) is 5.11 Å². The van der Waals surface area contributed by atoms with Gasteiger partial charge in [0.15, 0.2) is 0 Å². The van der Waals surface area contributed by atoms with Crippen molar-refractivity contribution in [3.05, 3.63) is 36.5 Å². The molecule has 0 saturated carbocycles. The predicted octanol–water partition coefficient (Wildman–Crippen LogP) is 4.63. The van der Waals surface area contributed by atoms with Gasteiger partial charge in [-0.3, -0.25) is 4.79 Å². The standard InChI is InChI=1S/C18H30O3/c1-2-3-11-14-17(19)15-12-9-7-5-4-6-8-10-13-16-18(20)21/h3,7,9,11-12,15,17,19H,2,4-6,8,10,13-14,16H2,1H3,(H,20,21)/t17-/m0/s1. The highest BCUT2D eigenvalue weighted by molar-refractivity contribution is 5.66. The summed E-state index contributed by atoms with van der Waals surface area (Å²) < 4.78 is 0. The van der Waals surface area contributed by atoms with Crippen LogP contribution >= 0.6 is 0 Å². The molecule has 1 atom stereocenters. The number of aliphatic hydroxyl groups excluding tert-OH is 1. The maximum atomic E-state index is 10.3. The Morgan fingerprint density at radius 2 is 1.71 bits per heavy atom. The maximum absolute atomic E-state index is 10.3. The van der Waals surface area contributed by atoms with Crippen molar-refractivity contribution < 1.29 is 15.0 Å². The Kier molecular flexibility index (Phi) is 14.1. The minimum Gasteiger partial charge on any atom is -0.481 e. The lowest BCUT2D eigenvalue weighted by Gasteiger charge is -1.99. The minimum atomic E-state index is -0.697. The zero-order chi connectivity index (χ0) is 15.8.